The molecule has 2 saturated heterocycles. The van der Waals surface area contributed by atoms with E-state index in [1.54, 1.807) is 16.4 Å². The number of morpholine rings is 1. The van der Waals surface area contributed by atoms with Crippen LogP contribution in [0.15, 0.2) is 65.0 Å². The summed E-state index contributed by atoms with van der Waals surface area (Å²) in [6.45, 7) is 8.95. The molecule has 2 aliphatic heterocycles. The number of piperazine rings is 1. The van der Waals surface area contributed by atoms with Gasteiger partial charge in [0.2, 0.25) is 11.9 Å². The van der Waals surface area contributed by atoms with Gasteiger partial charge in [0.05, 0.1) is 34.8 Å². The molecule has 0 bridgehead atoms. The fourth-order valence-electron chi connectivity index (χ4n) is 4.74. The quantitative estimate of drug-likeness (QED) is 0.406. The second kappa shape index (κ2) is 16.7. The number of hydrogen-bond donors (Lipinski definition) is 2. The van der Waals surface area contributed by atoms with Crippen molar-refractivity contribution in [3.05, 3.63) is 71.4 Å². The molecule has 3 unspecified atom stereocenters. The first-order valence-electron chi connectivity index (χ1n) is 15.4. The largest absolute Gasteiger partial charge is 0.493 e. The van der Waals surface area contributed by atoms with E-state index in [-0.39, 0.29) is 37.4 Å². The molecular formula is C32H43F3N6O4S. The van der Waals surface area contributed by atoms with E-state index in [9.17, 15) is 27.0 Å². The molecule has 3 fully saturated rings. The molecule has 1 saturated carbocycles. The molecule has 0 spiro atoms. The van der Waals surface area contributed by atoms with Crippen molar-refractivity contribution in [1.29, 1.82) is 0 Å². The number of nitrogens with one attached hydrogen (secondary N) is 1. The number of hydrogen-bond acceptors (Lipinski definition) is 7. The van der Waals surface area contributed by atoms with Crippen LogP contribution in [0.3, 0.4) is 0 Å². The van der Waals surface area contributed by atoms with Gasteiger partial charge in [-0.05, 0) is 24.5 Å². The number of allylic oxidation sites excluding steroid dienone is 1. The fraction of sp³-hybridized carbons (Fsp3) is 0.500. The summed E-state index contributed by atoms with van der Waals surface area (Å²) in [5.74, 6) is 0.423. The molecule has 4 aliphatic rings. The predicted molar refractivity (Wildman–Crippen MR) is 171 cm³/mol. The number of halogens is 3. The first-order valence-corrected chi connectivity index (χ1v) is 16.5. The summed E-state index contributed by atoms with van der Waals surface area (Å²) >= 11 is 0. The number of benzene rings is 1. The number of nitrogens with zero attached hydrogens (tertiary/aromatic N) is 4. The van der Waals surface area contributed by atoms with Gasteiger partial charge in [-0.15, -0.1) is 0 Å². The Labute approximate surface area is 270 Å². The lowest BCUT2D eigenvalue weighted by molar-refractivity contribution is -0.146. The maximum Gasteiger partial charge on any atom is 0.386 e. The topological polar surface area (TPSA) is 131 Å². The molecule has 2 aromatic rings. The van der Waals surface area contributed by atoms with Gasteiger partial charge in [-0.2, -0.15) is 13.2 Å². The van der Waals surface area contributed by atoms with Crippen LogP contribution >= 0.6 is 0 Å². The Hall–Kier alpha value is -3.78. The van der Waals surface area contributed by atoms with Gasteiger partial charge in [0, 0.05) is 31.4 Å². The Kier molecular flexibility index (Phi) is 13.3. The predicted octanol–water partition coefficient (Wildman–Crippen LogP) is 5.68. The SMILES string of the molecule is C1CC1.CC.CC(C)c1nc(NC2=CCC3C(=C2)OCC2CN(S(=O)c4ccccc4)CC(=O)N23)ncc1C(N)=O.CC(F)(F)F. The molecule has 14 heteroatoms. The summed E-state index contributed by atoms with van der Waals surface area (Å²) in [5.41, 5.74) is 7.08. The summed E-state index contributed by atoms with van der Waals surface area (Å²) in [5, 5.41) is 3.18. The first kappa shape index (κ1) is 36.7. The van der Waals surface area contributed by atoms with Gasteiger partial charge in [-0.1, -0.05) is 71.2 Å². The third-order valence-electron chi connectivity index (χ3n) is 6.79. The van der Waals surface area contributed by atoms with Crippen LogP contribution in [0.1, 0.15) is 82.3 Å². The highest BCUT2D eigenvalue weighted by molar-refractivity contribution is 7.82. The van der Waals surface area contributed by atoms with E-state index < -0.39 is 23.1 Å². The maximum atomic E-state index is 13.2. The maximum absolute atomic E-state index is 13.2. The van der Waals surface area contributed by atoms with Crippen molar-refractivity contribution in [3.8, 4) is 0 Å². The Morgan fingerprint density at radius 1 is 1.15 bits per heavy atom. The second-order valence-electron chi connectivity index (χ2n) is 11.1. The third-order valence-corrected chi connectivity index (χ3v) is 8.21. The standard InChI is InChI=1S/C25H28N6O4S.C3H6.C2H3F3.C2H6/c1-15(2)23-19(24(26)33)11-27-25(29-23)28-16-8-9-20-21(10-16)35-14-17-12-30(13-22(32)31(17)20)36(34)18-6-4-3-5-7-18;1-2-3-1;1-2(3,4)5;1-2/h3-8,10-11,15,17,20H,9,12-14H2,1-2H3,(H2,26,33)(H,27,28,29);1-3H2;1H3;1-2H3. The van der Waals surface area contributed by atoms with Crippen LogP contribution in [0.5, 0.6) is 0 Å². The van der Waals surface area contributed by atoms with Crippen molar-refractivity contribution in [2.45, 2.75) is 89.4 Å². The molecule has 46 heavy (non-hydrogen) atoms. The zero-order valence-electron chi connectivity index (χ0n) is 26.8. The number of anilines is 1. The normalized spacial score (nSPS) is 20.7. The molecular weight excluding hydrogens is 621 g/mol. The van der Waals surface area contributed by atoms with Gasteiger partial charge in [0.1, 0.15) is 23.4 Å². The lowest BCUT2D eigenvalue weighted by atomic mass is 9.97. The number of amides is 2. The van der Waals surface area contributed by atoms with Gasteiger partial charge < -0.3 is 20.7 Å². The summed E-state index contributed by atoms with van der Waals surface area (Å²) in [6, 6.07) is 8.78. The average Bonchev–Trinajstić information content (AvgIpc) is 3.91. The van der Waals surface area contributed by atoms with Crippen LogP contribution < -0.4 is 11.1 Å². The molecule has 10 nitrogen and oxygen atoms in total. The van der Waals surface area contributed by atoms with Crippen LogP contribution in [-0.2, 0) is 20.5 Å². The minimum Gasteiger partial charge on any atom is -0.493 e. The number of alkyl halides is 3. The lowest BCUT2D eigenvalue weighted by Crippen LogP contribution is -2.64. The number of rotatable bonds is 6. The Morgan fingerprint density at radius 3 is 2.35 bits per heavy atom. The summed E-state index contributed by atoms with van der Waals surface area (Å²) in [4.78, 5) is 36.1. The Bertz CT molecular complexity index is 1420. The van der Waals surface area contributed by atoms with Crippen LogP contribution in [0.2, 0.25) is 0 Å². The molecule has 1 aromatic heterocycles. The number of nitrogens with two attached hydrogens (primary N) is 1. The average molecular weight is 665 g/mol. The van der Waals surface area contributed by atoms with Crippen molar-refractivity contribution >= 4 is 28.7 Å². The van der Waals surface area contributed by atoms with Gasteiger partial charge in [0.15, 0.2) is 0 Å². The van der Waals surface area contributed by atoms with Gasteiger partial charge in [-0.3, -0.25) is 9.59 Å². The molecule has 0 radical (unpaired) electrons. The summed E-state index contributed by atoms with van der Waals surface area (Å²) in [6.07, 6.45) is 6.33. The minimum atomic E-state index is -4.00. The van der Waals surface area contributed by atoms with Gasteiger partial charge >= 0.3 is 6.18 Å². The Balaban J connectivity index is 0.000000503. The number of fused-ring (bicyclic) bond motifs is 3. The van der Waals surface area contributed by atoms with Crippen LogP contribution in [0, 0.1) is 0 Å². The second-order valence-corrected chi connectivity index (χ2v) is 12.6. The molecule has 3 atom stereocenters. The first-order chi connectivity index (χ1) is 21.8. The van der Waals surface area contributed by atoms with E-state index in [0.29, 0.717) is 47.4 Å². The van der Waals surface area contributed by atoms with Crippen LogP contribution in [0.25, 0.3) is 0 Å². The third kappa shape index (κ3) is 10.6. The Morgan fingerprint density at radius 2 is 1.78 bits per heavy atom. The monoisotopic (exact) mass is 664 g/mol. The molecule has 1 aromatic carbocycles. The van der Waals surface area contributed by atoms with Gasteiger partial charge in [-0.25, -0.2) is 18.5 Å². The summed E-state index contributed by atoms with van der Waals surface area (Å²) in [7, 11) is -1.40. The fourth-order valence-corrected chi connectivity index (χ4v) is 5.97. The van der Waals surface area contributed by atoms with E-state index >= 15 is 0 Å². The zero-order chi connectivity index (χ0) is 34.0. The van der Waals surface area contributed by atoms with Crippen molar-refractivity contribution in [2.75, 3.05) is 25.0 Å². The molecule has 252 valence electrons. The van der Waals surface area contributed by atoms with E-state index in [1.807, 2.05) is 62.9 Å². The van der Waals surface area contributed by atoms with Crippen molar-refractivity contribution in [2.24, 2.45) is 5.73 Å². The minimum absolute atomic E-state index is 0.00127. The van der Waals surface area contributed by atoms with Gasteiger partial charge in [0.25, 0.3) is 5.91 Å². The molecule has 2 aliphatic carbocycles. The van der Waals surface area contributed by atoms with Crippen LogP contribution in [-0.4, -0.2) is 73.2 Å². The van der Waals surface area contributed by atoms with Crippen molar-refractivity contribution < 1.29 is 31.7 Å². The van der Waals surface area contributed by atoms with Crippen molar-refractivity contribution in [1.82, 2.24) is 19.2 Å². The number of ether oxygens (including phenoxy) is 1. The van der Waals surface area contributed by atoms with E-state index in [1.165, 1.54) is 25.5 Å². The van der Waals surface area contributed by atoms with Crippen LogP contribution in [0.4, 0.5) is 19.1 Å². The number of aromatic nitrogens is 2. The van der Waals surface area contributed by atoms with E-state index in [2.05, 4.69) is 15.3 Å². The highest BCUT2D eigenvalue weighted by atomic mass is 32.2. The van der Waals surface area contributed by atoms with Crippen molar-refractivity contribution in [3.63, 3.8) is 0 Å². The number of primary amides is 1. The molecule has 2 amide bonds. The molecule has 6 rings (SSSR count). The molecule has 3 heterocycles. The number of carbonyl (C=O) groups excluding carboxylic acids is 2. The zero-order valence-corrected chi connectivity index (χ0v) is 27.7. The lowest BCUT2D eigenvalue weighted by Gasteiger charge is -2.48. The highest BCUT2D eigenvalue weighted by Gasteiger charge is 2.44. The van der Waals surface area contributed by atoms with E-state index in [4.69, 9.17) is 10.5 Å². The van der Waals surface area contributed by atoms with E-state index in [0.717, 1.165) is 5.70 Å². The number of carbonyl (C=O) groups is 2. The molecule has 3 N–H and O–H groups in total. The smallest absolute Gasteiger partial charge is 0.386 e. The highest BCUT2D eigenvalue weighted by Crippen LogP contribution is 2.33. The summed E-state index contributed by atoms with van der Waals surface area (Å²) < 4.78 is 51.8.